The number of carbonyl (C=O) groups excluding carboxylic acids is 1. The topological polar surface area (TPSA) is 70.6 Å². The molecule has 2 unspecified atom stereocenters. The fourth-order valence-electron chi connectivity index (χ4n) is 4.97. The Hall–Kier alpha value is -3.45. The van der Waals surface area contributed by atoms with Crippen molar-refractivity contribution in [3.05, 3.63) is 84.2 Å². The lowest BCUT2D eigenvalue weighted by Crippen LogP contribution is -2.42. The molecule has 1 aromatic heterocycles. The van der Waals surface area contributed by atoms with Crippen molar-refractivity contribution in [3.63, 3.8) is 0 Å². The second-order valence-corrected chi connectivity index (χ2v) is 9.42. The van der Waals surface area contributed by atoms with Gasteiger partial charge in [0, 0.05) is 63.6 Å². The minimum absolute atomic E-state index is 0.0589. The molecule has 0 bridgehead atoms. The largest absolute Gasteiger partial charge is 0.484 e. The molecule has 5 rings (SSSR count). The zero-order chi connectivity index (χ0) is 23.9. The maximum absolute atomic E-state index is 12.8. The molecule has 35 heavy (non-hydrogen) atoms. The van der Waals surface area contributed by atoms with Crippen LogP contribution in [0.15, 0.2) is 73.1 Å². The number of nitrogens with one attached hydrogen (secondary N) is 1. The molecule has 182 valence electrons. The molecule has 0 spiro atoms. The number of nitrogens with zero attached hydrogens (tertiary/aromatic N) is 4. The van der Waals surface area contributed by atoms with Crippen molar-refractivity contribution < 1.29 is 9.53 Å². The van der Waals surface area contributed by atoms with Crippen LogP contribution in [0.3, 0.4) is 0 Å². The van der Waals surface area contributed by atoms with E-state index in [0.717, 1.165) is 61.8 Å². The van der Waals surface area contributed by atoms with Gasteiger partial charge in [-0.05, 0) is 36.5 Å². The molecule has 2 aromatic carbocycles. The zero-order valence-corrected chi connectivity index (χ0v) is 20.1. The van der Waals surface area contributed by atoms with Crippen molar-refractivity contribution in [2.24, 2.45) is 5.92 Å². The third kappa shape index (κ3) is 6.17. The molecule has 2 aliphatic heterocycles. The third-order valence-electron chi connectivity index (χ3n) is 6.83. The molecule has 7 heteroatoms. The molecule has 2 aliphatic rings. The van der Waals surface area contributed by atoms with E-state index < -0.39 is 0 Å². The van der Waals surface area contributed by atoms with Gasteiger partial charge in [0.15, 0.2) is 0 Å². The number of piperidine rings is 1. The molecule has 0 saturated carbocycles. The number of hydrogen-bond acceptors (Lipinski definition) is 6. The van der Waals surface area contributed by atoms with Gasteiger partial charge < -0.3 is 15.0 Å². The average Bonchev–Trinajstić information content (AvgIpc) is 3.11. The first-order valence-corrected chi connectivity index (χ1v) is 12.5. The number of rotatable bonds is 7. The Labute approximate surface area is 207 Å². The summed E-state index contributed by atoms with van der Waals surface area (Å²) in [5, 5.41) is 3.18. The zero-order valence-electron chi connectivity index (χ0n) is 20.1. The van der Waals surface area contributed by atoms with Gasteiger partial charge in [0.05, 0.1) is 0 Å². The Kier molecular flexibility index (Phi) is 7.53. The van der Waals surface area contributed by atoms with E-state index in [1.165, 1.54) is 0 Å². The number of benzene rings is 2. The lowest BCUT2D eigenvalue weighted by atomic mass is 9.98. The van der Waals surface area contributed by atoms with Crippen LogP contribution in [0.1, 0.15) is 36.5 Å². The average molecular weight is 472 g/mol. The molecular weight excluding hydrogens is 438 g/mol. The van der Waals surface area contributed by atoms with Gasteiger partial charge in [-0.2, -0.15) is 0 Å². The normalized spacial score (nSPS) is 20.4. The molecule has 1 N–H and O–H groups in total. The summed E-state index contributed by atoms with van der Waals surface area (Å²) in [7, 11) is 0. The van der Waals surface area contributed by atoms with Gasteiger partial charge in [0.2, 0.25) is 11.9 Å². The van der Waals surface area contributed by atoms with Crippen LogP contribution in [-0.4, -0.2) is 53.5 Å². The van der Waals surface area contributed by atoms with E-state index in [-0.39, 0.29) is 12.0 Å². The lowest BCUT2D eigenvalue weighted by Gasteiger charge is -2.32. The van der Waals surface area contributed by atoms with Gasteiger partial charge >= 0.3 is 0 Å². The van der Waals surface area contributed by atoms with Crippen molar-refractivity contribution in [1.82, 2.24) is 20.2 Å². The highest BCUT2D eigenvalue weighted by molar-refractivity contribution is 5.76. The number of ether oxygens (including phenoxy) is 1. The van der Waals surface area contributed by atoms with Gasteiger partial charge in [0.25, 0.3) is 0 Å². The number of carbonyl (C=O) groups is 1. The number of fused-ring (bicyclic) bond motifs is 1. The molecule has 1 amide bonds. The van der Waals surface area contributed by atoms with Crippen LogP contribution in [0.5, 0.6) is 5.75 Å². The number of anilines is 1. The fraction of sp³-hybridized carbons (Fsp3) is 0.393. The smallest absolute Gasteiger partial charge is 0.225 e. The summed E-state index contributed by atoms with van der Waals surface area (Å²) in [6.07, 6.45) is 6.18. The molecule has 7 nitrogen and oxygen atoms in total. The van der Waals surface area contributed by atoms with Gasteiger partial charge in [0.1, 0.15) is 11.9 Å². The molecule has 3 aromatic rings. The quantitative estimate of drug-likeness (QED) is 0.565. The Balaban J connectivity index is 1.14. The Bertz CT molecular complexity index is 1090. The minimum Gasteiger partial charge on any atom is -0.484 e. The molecule has 3 heterocycles. The van der Waals surface area contributed by atoms with E-state index in [1.807, 2.05) is 42.5 Å². The van der Waals surface area contributed by atoms with E-state index in [9.17, 15) is 4.79 Å². The Morgan fingerprint density at radius 3 is 2.66 bits per heavy atom. The van der Waals surface area contributed by atoms with Crippen LogP contribution in [0.2, 0.25) is 0 Å². The lowest BCUT2D eigenvalue weighted by molar-refractivity contribution is -0.121. The molecule has 0 radical (unpaired) electrons. The van der Waals surface area contributed by atoms with Crippen molar-refractivity contribution in [2.75, 3.05) is 37.6 Å². The predicted molar refractivity (Wildman–Crippen MR) is 136 cm³/mol. The molecule has 0 aliphatic carbocycles. The van der Waals surface area contributed by atoms with Crippen molar-refractivity contribution >= 4 is 11.9 Å². The highest BCUT2D eigenvalue weighted by Crippen LogP contribution is 2.31. The van der Waals surface area contributed by atoms with Crippen LogP contribution >= 0.6 is 0 Å². The van der Waals surface area contributed by atoms with Crippen LogP contribution in [0.4, 0.5) is 5.95 Å². The standard InChI is InChI=1S/C28H33N5O2/c34-27(31-18-22-8-6-16-33(19-22)28-29-14-7-15-30-28)13-17-32-20-24-11-4-5-12-25(24)35-26(21-32)23-9-2-1-3-10-23/h1-5,7,9-12,14-15,22,26H,6,8,13,16-21H2,(H,31,34). The van der Waals surface area contributed by atoms with Crippen LogP contribution in [-0.2, 0) is 11.3 Å². The van der Waals surface area contributed by atoms with Gasteiger partial charge in [-0.1, -0.05) is 48.5 Å². The summed E-state index contributed by atoms with van der Waals surface area (Å²) in [6, 6.07) is 20.4. The Morgan fingerprint density at radius 1 is 1.00 bits per heavy atom. The Morgan fingerprint density at radius 2 is 1.80 bits per heavy atom. The monoisotopic (exact) mass is 471 g/mol. The molecular formula is C28H33N5O2. The summed E-state index contributed by atoms with van der Waals surface area (Å²) in [4.78, 5) is 26.1. The van der Waals surface area contributed by atoms with E-state index in [0.29, 0.717) is 25.4 Å². The van der Waals surface area contributed by atoms with Crippen LogP contribution < -0.4 is 15.0 Å². The maximum Gasteiger partial charge on any atom is 0.225 e. The first kappa shape index (κ1) is 23.3. The van der Waals surface area contributed by atoms with Crippen molar-refractivity contribution in [1.29, 1.82) is 0 Å². The maximum atomic E-state index is 12.8. The first-order valence-electron chi connectivity index (χ1n) is 12.5. The highest BCUT2D eigenvalue weighted by Gasteiger charge is 2.25. The van der Waals surface area contributed by atoms with Crippen LogP contribution in [0, 0.1) is 5.92 Å². The molecule has 1 saturated heterocycles. The second kappa shape index (κ2) is 11.3. The third-order valence-corrected chi connectivity index (χ3v) is 6.83. The van der Waals surface area contributed by atoms with E-state index in [1.54, 1.807) is 12.4 Å². The molecule has 1 fully saturated rings. The van der Waals surface area contributed by atoms with Crippen molar-refractivity contribution in [2.45, 2.75) is 31.9 Å². The summed E-state index contributed by atoms with van der Waals surface area (Å²) < 4.78 is 6.40. The number of aromatic nitrogens is 2. The SMILES string of the molecule is O=C(CCN1Cc2ccccc2OC(c2ccccc2)C1)NCC1CCCN(c2ncccn2)C1. The van der Waals surface area contributed by atoms with Crippen molar-refractivity contribution in [3.8, 4) is 5.75 Å². The van der Waals surface area contributed by atoms with E-state index in [2.05, 4.69) is 43.3 Å². The predicted octanol–water partition coefficient (Wildman–Crippen LogP) is 3.84. The minimum atomic E-state index is -0.0589. The molecule has 2 atom stereocenters. The summed E-state index contributed by atoms with van der Waals surface area (Å²) >= 11 is 0. The fourth-order valence-corrected chi connectivity index (χ4v) is 4.97. The first-order chi connectivity index (χ1) is 17.2. The van der Waals surface area contributed by atoms with Gasteiger partial charge in [-0.15, -0.1) is 0 Å². The van der Waals surface area contributed by atoms with E-state index >= 15 is 0 Å². The second-order valence-electron chi connectivity index (χ2n) is 9.42. The van der Waals surface area contributed by atoms with E-state index in [4.69, 9.17) is 4.74 Å². The summed E-state index contributed by atoms with van der Waals surface area (Å²) in [5.74, 6) is 2.22. The highest BCUT2D eigenvalue weighted by atomic mass is 16.5. The summed E-state index contributed by atoms with van der Waals surface area (Å²) in [5.41, 5.74) is 2.32. The number of hydrogen-bond donors (Lipinski definition) is 1. The number of amides is 1. The van der Waals surface area contributed by atoms with Crippen LogP contribution in [0.25, 0.3) is 0 Å². The van der Waals surface area contributed by atoms with Gasteiger partial charge in [-0.25, -0.2) is 9.97 Å². The number of para-hydroxylation sites is 1. The van der Waals surface area contributed by atoms with Gasteiger partial charge in [-0.3, -0.25) is 9.69 Å². The summed E-state index contributed by atoms with van der Waals surface area (Å²) in [6.45, 7) is 4.77.